The van der Waals surface area contributed by atoms with Gasteiger partial charge in [0.05, 0.1) is 12.6 Å². The maximum atomic E-state index is 9.68. The standard InChI is InChI=1S/C15H23NO/c1-12-7-9-16(10-8-12)15(11-17)14-6-4-3-5-13(14)2/h3-6,12,15,17H,7-11H2,1-2H3. The lowest BCUT2D eigenvalue weighted by Gasteiger charge is -2.36. The summed E-state index contributed by atoms with van der Waals surface area (Å²) in [6.07, 6.45) is 2.50. The smallest absolute Gasteiger partial charge is 0.0628 e. The molecule has 94 valence electrons. The van der Waals surface area contributed by atoms with Gasteiger partial charge in [0, 0.05) is 0 Å². The largest absolute Gasteiger partial charge is 0.394 e. The van der Waals surface area contributed by atoms with Crippen molar-refractivity contribution in [3.8, 4) is 0 Å². The number of aliphatic hydroxyl groups is 1. The van der Waals surface area contributed by atoms with E-state index in [9.17, 15) is 5.11 Å². The molecule has 0 spiro atoms. The molecule has 2 nitrogen and oxygen atoms in total. The number of rotatable bonds is 3. The maximum absolute atomic E-state index is 9.68. The average Bonchev–Trinajstić information content (AvgIpc) is 2.35. The zero-order valence-corrected chi connectivity index (χ0v) is 10.9. The molecule has 1 saturated heterocycles. The SMILES string of the molecule is Cc1ccccc1C(CO)N1CCC(C)CC1. The van der Waals surface area contributed by atoms with Crippen molar-refractivity contribution in [2.24, 2.45) is 5.92 Å². The van der Waals surface area contributed by atoms with Crippen molar-refractivity contribution in [1.29, 1.82) is 0 Å². The fraction of sp³-hybridized carbons (Fsp3) is 0.600. The molecule has 1 aliphatic heterocycles. The van der Waals surface area contributed by atoms with Gasteiger partial charge in [0.1, 0.15) is 0 Å². The summed E-state index contributed by atoms with van der Waals surface area (Å²) >= 11 is 0. The summed E-state index contributed by atoms with van der Waals surface area (Å²) in [5, 5.41) is 9.68. The van der Waals surface area contributed by atoms with Crippen LogP contribution in [0.5, 0.6) is 0 Å². The van der Waals surface area contributed by atoms with E-state index in [1.165, 1.54) is 24.0 Å². The van der Waals surface area contributed by atoms with Gasteiger partial charge >= 0.3 is 0 Å². The van der Waals surface area contributed by atoms with E-state index in [-0.39, 0.29) is 12.6 Å². The lowest BCUT2D eigenvalue weighted by Crippen LogP contribution is -2.38. The highest BCUT2D eigenvalue weighted by molar-refractivity contribution is 5.29. The molecule has 1 heterocycles. The molecule has 1 aromatic carbocycles. The summed E-state index contributed by atoms with van der Waals surface area (Å²) in [6, 6.07) is 8.59. The average molecular weight is 233 g/mol. The van der Waals surface area contributed by atoms with Gasteiger partial charge in [-0.1, -0.05) is 31.2 Å². The van der Waals surface area contributed by atoms with Crippen LogP contribution in [0.25, 0.3) is 0 Å². The van der Waals surface area contributed by atoms with Crippen LogP contribution in [0, 0.1) is 12.8 Å². The first-order valence-corrected chi connectivity index (χ1v) is 6.63. The zero-order chi connectivity index (χ0) is 12.3. The molecule has 1 atom stereocenters. The predicted octanol–water partition coefficient (Wildman–Crippen LogP) is 2.76. The Kier molecular flexibility index (Phi) is 4.19. The van der Waals surface area contributed by atoms with E-state index in [2.05, 4.69) is 43.0 Å². The topological polar surface area (TPSA) is 23.5 Å². The predicted molar refractivity (Wildman–Crippen MR) is 71.0 cm³/mol. The van der Waals surface area contributed by atoms with Crippen molar-refractivity contribution in [2.75, 3.05) is 19.7 Å². The highest BCUT2D eigenvalue weighted by Gasteiger charge is 2.24. The van der Waals surface area contributed by atoms with E-state index in [0.29, 0.717) is 0 Å². The summed E-state index contributed by atoms with van der Waals surface area (Å²) in [5.41, 5.74) is 2.56. The quantitative estimate of drug-likeness (QED) is 0.867. The third-order valence-corrected chi connectivity index (χ3v) is 3.98. The van der Waals surface area contributed by atoms with E-state index in [0.717, 1.165) is 19.0 Å². The van der Waals surface area contributed by atoms with Crippen LogP contribution in [0.15, 0.2) is 24.3 Å². The summed E-state index contributed by atoms with van der Waals surface area (Å²) in [7, 11) is 0. The minimum absolute atomic E-state index is 0.184. The van der Waals surface area contributed by atoms with Crippen LogP contribution in [0.3, 0.4) is 0 Å². The number of hydrogen-bond donors (Lipinski definition) is 1. The Morgan fingerprint density at radius 2 is 1.94 bits per heavy atom. The number of benzene rings is 1. The molecule has 0 aliphatic carbocycles. The molecule has 0 aromatic heterocycles. The number of hydrogen-bond acceptors (Lipinski definition) is 2. The van der Waals surface area contributed by atoms with Gasteiger partial charge in [-0.15, -0.1) is 0 Å². The molecule has 1 fully saturated rings. The first-order valence-electron chi connectivity index (χ1n) is 6.63. The lowest BCUT2D eigenvalue weighted by atomic mass is 9.94. The molecule has 1 aromatic rings. The molecule has 1 aliphatic rings. The monoisotopic (exact) mass is 233 g/mol. The number of piperidine rings is 1. The highest BCUT2D eigenvalue weighted by atomic mass is 16.3. The molecule has 17 heavy (non-hydrogen) atoms. The van der Waals surface area contributed by atoms with E-state index >= 15 is 0 Å². The number of aryl methyl sites for hydroxylation is 1. The van der Waals surface area contributed by atoms with Gasteiger partial charge in [-0.05, 0) is 49.9 Å². The van der Waals surface area contributed by atoms with E-state index < -0.39 is 0 Å². The molecule has 1 N–H and O–H groups in total. The van der Waals surface area contributed by atoms with Gasteiger partial charge in [-0.2, -0.15) is 0 Å². The lowest BCUT2D eigenvalue weighted by molar-refractivity contribution is 0.0893. The molecular weight excluding hydrogens is 210 g/mol. The molecule has 0 saturated carbocycles. The van der Waals surface area contributed by atoms with Crippen LogP contribution >= 0.6 is 0 Å². The van der Waals surface area contributed by atoms with Crippen molar-refractivity contribution in [3.05, 3.63) is 35.4 Å². The number of aliphatic hydroxyl groups excluding tert-OH is 1. The molecule has 0 amide bonds. The Labute approximate surface area is 104 Å². The van der Waals surface area contributed by atoms with Crippen LogP contribution in [0.2, 0.25) is 0 Å². The van der Waals surface area contributed by atoms with E-state index in [1.807, 2.05) is 0 Å². The Morgan fingerprint density at radius 1 is 1.29 bits per heavy atom. The fourth-order valence-corrected chi connectivity index (χ4v) is 2.71. The van der Waals surface area contributed by atoms with Gasteiger partial charge in [-0.3, -0.25) is 4.90 Å². The molecule has 0 radical (unpaired) electrons. The molecule has 2 heteroatoms. The van der Waals surface area contributed by atoms with Gasteiger partial charge in [-0.25, -0.2) is 0 Å². The van der Waals surface area contributed by atoms with Crippen LogP contribution in [-0.2, 0) is 0 Å². The first kappa shape index (κ1) is 12.6. The second kappa shape index (κ2) is 5.65. The summed E-state index contributed by atoms with van der Waals surface area (Å²) in [4.78, 5) is 2.43. The minimum Gasteiger partial charge on any atom is -0.394 e. The summed E-state index contributed by atoms with van der Waals surface area (Å²) in [6.45, 7) is 6.89. The third-order valence-electron chi connectivity index (χ3n) is 3.98. The van der Waals surface area contributed by atoms with Crippen molar-refractivity contribution < 1.29 is 5.11 Å². The first-order chi connectivity index (χ1) is 8.22. The van der Waals surface area contributed by atoms with Crippen LogP contribution in [0.4, 0.5) is 0 Å². The second-order valence-electron chi connectivity index (χ2n) is 5.27. The van der Waals surface area contributed by atoms with Crippen molar-refractivity contribution >= 4 is 0 Å². The Balaban J connectivity index is 2.14. The van der Waals surface area contributed by atoms with Crippen LogP contribution < -0.4 is 0 Å². The van der Waals surface area contributed by atoms with Crippen molar-refractivity contribution in [3.63, 3.8) is 0 Å². The molecular formula is C15H23NO. The number of likely N-dealkylation sites (tertiary alicyclic amines) is 1. The zero-order valence-electron chi connectivity index (χ0n) is 10.9. The van der Waals surface area contributed by atoms with Crippen molar-refractivity contribution in [1.82, 2.24) is 4.90 Å². The minimum atomic E-state index is 0.184. The Morgan fingerprint density at radius 3 is 2.53 bits per heavy atom. The van der Waals surface area contributed by atoms with Gasteiger partial charge in [0.15, 0.2) is 0 Å². The van der Waals surface area contributed by atoms with Crippen LogP contribution in [-0.4, -0.2) is 29.7 Å². The fourth-order valence-electron chi connectivity index (χ4n) is 2.71. The Hall–Kier alpha value is -0.860. The van der Waals surface area contributed by atoms with Crippen LogP contribution in [0.1, 0.15) is 36.9 Å². The maximum Gasteiger partial charge on any atom is 0.0628 e. The molecule has 1 unspecified atom stereocenters. The van der Waals surface area contributed by atoms with E-state index in [1.54, 1.807) is 0 Å². The second-order valence-corrected chi connectivity index (χ2v) is 5.27. The van der Waals surface area contributed by atoms with Gasteiger partial charge in [0.25, 0.3) is 0 Å². The normalized spacial score (nSPS) is 20.4. The van der Waals surface area contributed by atoms with Crippen molar-refractivity contribution in [2.45, 2.75) is 32.7 Å². The number of nitrogens with zero attached hydrogens (tertiary/aromatic N) is 1. The van der Waals surface area contributed by atoms with Gasteiger partial charge < -0.3 is 5.11 Å². The highest BCUT2D eigenvalue weighted by Crippen LogP contribution is 2.28. The Bertz CT molecular complexity index is 356. The summed E-state index contributed by atoms with van der Waals surface area (Å²) < 4.78 is 0. The summed E-state index contributed by atoms with van der Waals surface area (Å²) in [5.74, 6) is 0.836. The molecule has 2 rings (SSSR count). The molecule has 0 bridgehead atoms. The van der Waals surface area contributed by atoms with E-state index in [4.69, 9.17) is 0 Å². The third kappa shape index (κ3) is 2.88. The van der Waals surface area contributed by atoms with Gasteiger partial charge in [0.2, 0.25) is 0 Å².